The van der Waals surface area contributed by atoms with Gasteiger partial charge in [-0.3, -0.25) is 0 Å². The Morgan fingerprint density at radius 3 is 2.53 bits per heavy atom. The molecule has 2 N–H and O–H groups in total. The van der Waals surface area contributed by atoms with Crippen LogP contribution in [0.5, 0.6) is 0 Å². The molecule has 1 aliphatic rings. The molecule has 0 bridgehead atoms. The normalized spacial score (nSPS) is 27.8. The van der Waals surface area contributed by atoms with E-state index < -0.39 is 12.2 Å². The van der Waals surface area contributed by atoms with Crippen LogP contribution in [-0.2, 0) is 0 Å². The maximum atomic E-state index is 9.52. The van der Waals surface area contributed by atoms with Crippen LogP contribution < -0.4 is 0 Å². The van der Waals surface area contributed by atoms with Gasteiger partial charge in [-0.2, -0.15) is 0 Å². The second-order valence-electron chi connectivity index (χ2n) is 4.20. The van der Waals surface area contributed by atoms with Crippen LogP contribution in [0.3, 0.4) is 0 Å². The quantitative estimate of drug-likeness (QED) is 0.661. The maximum Gasteiger partial charge on any atom is 0.108 e. The first-order chi connectivity index (χ1) is 7.25. The first-order valence-corrected chi connectivity index (χ1v) is 6.00. The highest BCUT2D eigenvalue weighted by atomic mass is 16.3. The van der Waals surface area contributed by atoms with Gasteiger partial charge in [0.25, 0.3) is 0 Å². The lowest BCUT2D eigenvalue weighted by molar-refractivity contribution is 0.0825. The molecule has 0 saturated carbocycles. The Bertz CT molecular complexity index is 231. The van der Waals surface area contributed by atoms with Crippen molar-refractivity contribution in [2.24, 2.45) is 0 Å². The van der Waals surface area contributed by atoms with Crippen LogP contribution >= 0.6 is 0 Å². The summed E-state index contributed by atoms with van der Waals surface area (Å²) in [5.41, 5.74) is 0.873. The van der Waals surface area contributed by atoms with E-state index in [0.717, 1.165) is 12.0 Å². The number of aliphatic hydroxyl groups is 2. The van der Waals surface area contributed by atoms with Crippen LogP contribution in [0.25, 0.3) is 0 Å². The first kappa shape index (κ1) is 12.5. The van der Waals surface area contributed by atoms with Crippen molar-refractivity contribution in [2.75, 3.05) is 0 Å². The van der Waals surface area contributed by atoms with Crippen LogP contribution in [0.1, 0.15) is 45.4 Å². The Morgan fingerprint density at radius 1 is 1.20 bits per heavy atom. The molecule has 0 radical (unpaired) electrons. The minimum absolute atomic E-state index is 0.694. The summed E-state index contributed by atoms with van der Waals surface area (Å²) < 4.78 is 0. The molecule has 1 rings (SSSR count). The van der Waals surface area contributed by atoms with Crippen molar-refractivity contribution in [2.45, 2.75) is 57.7 Å². The van der Waals surface area contributed by atoms with E-state index in [0.29, 0.717) is 0 Å². The Hall–Kier alpha value is -0.600. The van der Waals surface area contributed by atoms with E-state index in [1.54, 1.807) is 6.08 Å². The predicted molar refractivity (Wildman–Crippen MR) is 62.6 cm³/mol. The van der Waals surface area contributed by atoms with E-state index in [-0.39, 0.29) is 0 Å². The number of aliphatic hydroxyl groups excluding tert-OH is 2. The molecule has 0 amide bonds. The molecular weight excluding hydrogens is 188 g/mol. The molecular formula is C13H22O2. The SMILES string of the molecule is CCCCCCC/C=C1\C=C[C@H](O)[C@@H]1O. The highest BCUT2D eigenvalue weighted by molar-refractivity contribution is 5.32. The Labute approximate surface area is 92.3 Å². The number of allylic oxidation sites excluding steroid dienone is 1. The van der Waals surface area contributed by atoms with Crippen molar-refractivity contribution in [3.8, 4) is 0 Å². The molecule has 2 atom stereocenters. The minimum Gasteiger partial charge on any atom is -0.386 e. The van der Waals surface area contributed by atoms with Gasteiger partial charge in [-0.25, -0.2) is 0 Å². The van der Waals surface area contributed by atoms with Crippen LogP contribution in [-0.4, -0.2) is 22.4 Å². The number of unbranched alkanes of at least 4 members (excludes halogenated alkanes) is 5. The van der Waals surface area contributed by atoms with Gasteiger partial charge in [0.1, 0.15) is 12.2 Å². The second-order valence-corrected chi connectivity index (χ2v) is 4.20. The Balaban J connectivity index is 2.13. The van der Waals surface area contributed by atoms with Gasteiger partial charge in [0.2, 0.25) is 0 Å². The molecule has 0 saturated heterocycles. The number of hydrogen-bond donors (Lipinski definition) is 2. The average molecular weight is 210 g/mol. The highest BCUT2D eigenvalue weighted by Crippen LogP contribution is 2.19. The molecule has 0 aromatic carbocycles. The molecule has 0 aliphatic heterocycles. The zero-order valence-corrected chi connectivity index (χ0v) is 9.52. The Kier molecular flexibility index (Phi) is 5.66. The van der Waals surface area contributed by atoms with E-state index >= 15 is 0 Å². The summed E-state index contributed by atoms with van der Waals surface area (Å²) >= 11 is 0. The molecule has 0 aromatic heterocycles. The largest absolute Gasteiger partial charge is 0.386 e. The summed E-state index contributed by atoms with van der Waals surface area (Å²) in [4.78, 5) is 0. The van der Waals surface area contributed by atoms with Crippen molar-refractivity contribution in [1.82, 2.24) is 0 Å². The van der Waals surface area contributed by atoms with Gasteiger partial charge in [0, 0.05) is 0 Å². The molecule has 0 heterocycles. The summed E-state index contributed by atoms with van der Waals surface area (Å²) in [7, 11) is 0. The van der Waals surface area contributed by atoms with Crippen LogP contribution in [0.4, 0.5) is 0 Å². The maximum absolute atomic E-state index is 9.52. The fourth-order valence-corrected chi connectivity index (χ4v) is 1.82. The molecule has 0 spiro atoms. The van der Waals surface area contributed by atoms with E-state index in [4.69, 9.17) is 0 Å². The van der Waals surface area contributed by atoms with Gasteiger partial charge in [-0.05, 0) is 18.4 Å². The summed E-state index contributed by atoms with van der Waals surface area (Å²) in [6.45, 7) is 2.21. The second kappa shape index (κ2) is 6.81. The zero-order chi connectivity index (χ0) is 11.1. The van der Waals surface area contributed by atoms with Gasteiger partial charge in [0.05, 0.1) is 0 Å². The minimum atomic E-state index is -0.698. The molecule has 2 nitrogen and oxygen atoms in total. The fraction of sp³-hybridized carbons (Fsp3) is 0.692. The fourth-order valence-electron chi connectivity index (χ4n) is 1.82. The van der Waals surface area contributed by atoms with Gasteiger partial charge in [-0.1, -0.05) is 50.8 Å². The third-order valence-electron chi connectivity index (χ3n) is 2.84. The topological polar surface area (TPSA) is 40.5 Å². The third-order valence-corrected chi connectivity index (χ3v) is 2.84. The van der Waals surface area contributed by atoms with E-state index in [2.05, 4.69) is 6.92 Å². The van der Waals surface area contributed by atoms with Crippen LogP contribution in [0.2, 0.25) is 0 Å². The summed E-state index contributed by atoms with van der Waals surface area (Å²) in [5.74, 6) is 0. The lowest BCUT2D eigenvalue weighted by Crippen LogP contribution is -2.20. The molecule has 0 fully saturated rings. The van der Waals surface area contributed by atoms with Crippen molar-refractivity contribution >= 4 is 0 Å². The monoisotopic (exact) mass is 210 g/mol. The predicted octanol–water partition coefficient (Wildman–Crippen LogP) is 2.56. The van der Waals surface area contributed by atoms with Crippen LogP contribution in [0.15, 0.2) is 23.8 Å². The van der Waals surface area contributed by atoms with Crippen molar-refractivity contribution in [3.05, 3.63) is 23.8 Å². The van der Waals surface area contributed by atoms with Gasteiger partial charge in [0.15, 0.2) is 0 Å². The molecule has 0 unspecified atom stereocenters. The van der Waals surface area contributed by atoms with E-state index in [9.17, 15) is 10.2 Å². The highest BCUT2D eigenvalue weighted by Gasteiger charge is 2.21. The molecule has 2 heteroatoms. The van der Waals surface area contributed by atoms with E-state index in [1.165, 1.54) is 32.1 Å². The van der Waals surface area contributed by atoms with Crippen molar-refractivity contribution < 1.29 is 10.2 Å². The first-order valence-electron chi connectivity index (χ1n) is 6.00. The molecule has 0 aromatic rings. The summed E-state index contributed by atoms with van der Waals surface area (Å²) in [6.07, 6.45) is 11.5. The van der Waals surface area contributed by atoms with Crippen molar-refractivity contribution in [3.63, 3.8) is 0 Å². The van der Waals surface area contributed by atoms with Gasteiger partial charge >= 0.3 is 0 Å². The number of rotatable bonds is 6. The van der Waals surface area contributed by atoms with Crippen LogP contribution in [0, 0.1) is 0 Å². The molecule has 15 heavy (non-hydrogen) atoms. The van der Waals surface area contributed by atoms with Gasteiger partial charge in [-0.15, -0.1) is 0 Å². The molecule has 86 valence electrons. The lowest BCUT2D eigenvalue weighted by Gasteiger charge is -2.08. The van der Waals surface area contributed by atoms with E-state index in [1.807, 2.05) is 12.2 Å². The zero-order valence-electron chi connectivity index (χ0n) is 9.52. The summed E-state index contributed by atoms with van der Waals surface area (Å²) in [5, 5.41) is 18.8. The summed E-state index contributed by atoms with van der Waals surface area (Å²) in [6, 6.07) is 0. The lowest BCUT2D eigenvalue weighted by atomic mass is 10.1. The average Bonchev–Trinajstić information content (AvgIpc) is 2.54. The van der Waals surface area contributed by atoms with Crippen molar-refractivity contribution in [1.29, 1.82) is 0 Å². The molecule has 1 aliphatic carbocycles. The Morgan fingerprint density at radius 2 is 1.93 bits per heavy atom. The van der Waals surface area contributed by atoms with Gasteiger partial charge < -0.3 is 10.2 Å². The standard InChI is InChI=1S/C13H22O2/c1-2-3-4-5-6-7-8-11-9-10-12(14)13(11)15/h8-10,12-15H,2-7H2,1H3/b11-8+/t12-,13+/m0/s1. The third kappa shape index (κ3) is 4.18. The smallest absolute Gasteiger partial charge is 0.108 e. The number of hydrogen-bond acceptors (Lipinski definition) is 2.